The number of methoxy groups -OCH3 is 1. The van der Waals surface area contributed by atoms with E-state index in [9.17, 15) is 4.79 Å². The van der Waals surface area contributed by atoms with Gasteiger partial charge in [-0.25, -0.2) is 4.79 Å². The van der Waals surface area contributed by atoms with Crippen LogP contribution in [0.15, 0.2) is 54.6 Å². The number of carbonyl (C=O) groups excluding carboxylic acids is 1. The van der Waals surface area contributed by atoms with Gasteiger partial charge in [-0.15, -0.1) is 0 Å². The van der Waals surface area contributed by atoms with E-state index in [2.05, 4.69) is 0 Å². The summed E-state index contributed by atoms with van der Waals surface area (Å²) in [6, 6.07) is 17.6. The Morgan fingerprint density at radius 2 is 1.70 bits per heavy atom. The fourth-order valence-corrected chi connectivity index (χ4v) is 3.28. The normalized spacial score (nSPS) is 21.6. The molecule has 2 aromatic carbocycles. The summed E-state index contributed by atoms with van der Waals surface area (Å²) in [5.41, 5.74) is 2.09. The zero-order chi connectivity index (χ0) is 13.9. The zero-order valence-corrected chi connectivity index (χ0v) is 11.8. The predicted octanol–water partition coefficient (Wildman–Crippen LogP) is 4.36. The Morgan fingerprint density at radius 3 is 2.35 bits per heavy atom. The lowest BCUT2D eigenvalue weighted by molar-refractivity contribution is 0.133. The number of thioether (sulfide) groups is 1. The SMILES string of the molecule is COc1ccc([C@@H]2OC(=O)S[C@H]2c2ccccc2)cc1. The maximum absolute atomic E-state index is 11.6. The first kappa shape index (κ1) is 13.1. The van der Waals surface area contributed by atoms with Crippen LogP contribution in [0.25, 0.3) is 0 Å². The third-order valence-corrected chi connectivity index (χ3v) is 4.36. The molecule has 0 unspecified atom stereocenters. The topological polar surface area (TPSA) is 35.5 Å². The van der Waals surface area contributed by atoms with Crippen LogP contribution in [-0.4, -0.2) is 12.4 Å². The van der Waals surface area contributed by atoms with Gasteiger partial charge < -0.3 is 9.47 Å². The molecule has 0 N–H and O–H groups in total. The molecule has 0 spiro atoms. The Kier molecular flexibility index (Phi) is 3.65. The number of benzene rings is 2. The molecule has 0 aliphatic carbocycles. The maximum Gasteiger partial charge on any atom is 0.368 e. The van der Waals surface area contributed by atoms with Crippen LogP contribution in [-0.2, 0) is 4.74 Å². The number of cyclic esters (lactones) is 1. The molecule has 1 aliphatic heterocycles. The van der Waals surface area contributed by atoms with Crippen molar-refractivity contribution in [2.75, 3.05) is 7.11 Å². The molecule has 1 fully saturated rings. The molecular formula is C16H14O3S. The van der Waals surface area contributed by atoms with Gasteiger partial charge in [0.25, 0.3) is 0 Å². The Morgan fingerprint density at radius 1 is 1.00 bits per heavy atom. The first-order valence-electron chi connectivity index (χ1n) is 6.34. The Balaban J connectivity index is 1.91. The number of hydrogen-bond acceptors (Lipinski definition) is 4. The van der Waals surface area contributed by atoms with Gasteiger partial charge in [0.15, 0.2) is 0 Å². The molecule has 0 bridgehead atoms. The van der Waals surface area contributed by atoms with E-state index in [1.165, 1.54) is 11.8 Å². The van der Waals surface area contributed by atoms with E-state index in [1.807, 2.05) is 54.6 Å². The molecule has 0 saturated carbocycles. The van der Waals surface area contributed by atoms with Crippen LogP contribution in [0, 0.1) is 0 Å². The van der Waals surface area contributed by atoms with E-state index in [-0.39, 0.29) is 16.7 Å². The zero-order valence-electron chi connectivity index (χ0n) is 11.0. The highest BCUT2D eigenvalue weighted by atomic mass is 32.2. The minimum absolute atomic E-state index is 0.00269. The molecule has 0 aromatic heterocycles. The number of hydrogen-bond donors (Lipinski definition) is 0. The second kappa shape index (κ2) is 5.59. The quantitative estimate of drug-likeness (QED) is 0.785. The van der Waals surface area contributed by atoms with Crippen molar-refractivity contribution in [3.05, 3.63) is 65.7 Å². The molecule has 3 rings (SSSR count). The number of rotatable bonds is 3. The van der Waals surface area contributed by atoms with Gasteiger partial charge in [-0.05, 0) is 35.0 Å². The van der Waals surface area contributed by atoms with Gasteiger partial charge in [0.2, 0.25) is 0 Å². The minimum Gasteiger partial charge on any atom is -0.497 e. The molecular weight excluding hydrogens is 272 g/mol. The van der Waals surface area contributed by atoms with Crippen LogP contribution in [0.4, 0.5) is 4.79 Å². The number of ether oxygens (including phenoxy) is 2. The summed E-state index contributed by atoms with van der Waals surface area (Å²) in [6.45, 7) is 0. The largest absolute Gasteiger partial charge is 0.497 e. The molecule has 102 valence electrons. The molecule has 1 aliphatic rings. The summed E-state index contributed by atoms with van der Waals surface area (Å²) in [5.74, 6) is 0.794. The summed E-state index contributed by atoms with van der Waals surface area (Å²) in [4.78, 5) is 11.6. The van der Waals surface area contributed by atoms with Crippen molar-refractivity contribution >= 4 is 17.1 Å². The summed E-state index contributed by atoms with van der Waals surface area (Å²) in [6.07, 6.45) is -0.249. The van der Waals surface area contributed by atoms with E-state index in [1.54, 1.807) is 7.11 Å². The van der Waals surface area contributed by atoms with Gasteiger partial charge in [0.05, 0.1) is 12.4 Å². The highest BCUT2D eigenvalue weighted by molar-refractivity contribution is 8.13. The van der Waals surface area contributed by atoms with Gasteiger partial charge in [-0.2, -0.15) is 0 Å². The van der Waals surface area contributed by atoms with E-state index in [0.29, 0.717) is 0 Å². The van der Waals surface area contributed by atoms with Crippen LogP contribution in [0.1, 0.15) is 22.5 Å². The molecule has 0 radical (unpaired) electrons. The predicted molar refractivity (Wildman–Crippen MR) is 79.0 cm³/mol. The smallest absolute Gasteiger partial charge is 0.368 e. The highest BCUT2D eigenvalue weighted by Gasteiger charge is 2.37. The lowest BCUT2D eigenvalue weighted by Crippen LogP contribution is -2.05. The molecule has 4 heteroatoms. The second-order valence-electron chi connectivity index (χ2n) is 4.51. The first-order chi connectivity index (χ1) is 9.78. The molecule has 20 heavy (non-hydrogen) atoms. The van der Waals surface area contributed by atoms with Crippen molar-refractivity contribution < 1.29 is 14.3 Å². The Hall–Kier alpha value is -1.94. The summed E-state index contributed by atoms with van der Waals surface area (Å²) >= 11 is 1.24. The molecule has 2 atom stereocenters. The van der Waals surface area contributed by atoms with Crippen molar-refractivity contribution in [3.8, 4) is 5.75 Å². The Bertz CT molecular complexity index is 595. The summed E-state index contributed by atoms with van der Waals surface area (Å²) in [5, 5.41) is -0.225. The first-order valence-corrected chi connectivity index (χ1v) is 7.22. The fourth-order valence-electron chi connectivity index (χ4n) is 2.28. The number of carbonyl (C=O) groups is 1. The Labute approximate surface area is 121 Å². The third-order valence-electron chi connectivity index (χ3n) is 3.29. The summed E-state index contributed by atoms with van der Waals surface area (Å²) < 4.78 is 10.6. The lowest BCUT2D eigenvalue weighted by Gasteiger charge is -2.17. The van der Waals surface area contributed by atoms with Gasteiger partial charge in [-0.1, -0.05) is 42.5 Å². The van der Waals surface area contributed by atoms with Crippen LogP contribution < -0.4 is 4.74 Å². The standard InChI is InChI=1S/C16H14O3S/c1-18-13-9-7-11(8-10-13)14-15(20-16(17)19-14)12-5-3-2-4-6-12/h2-10,14-15H,1H3/t14-,15-/m0/s1. The van der Waals surface area contributed by atoms with Crippen LogP contribution >= 0.6 is 11.8 Å². The van der Waals surface area contributed by atoms with Crippen molar-refractivity contribution in [1.82, 2.24) is 0 Å². The monoisotopic (exact) mass is 286 g/mol. The van der Waals surface area contributed by atoms with Crippen LogP contribution in [0.2, 0.25) is 0 Å². The molecule has 1 saturated heterocycles. The van der Waals surface area contributed by atoms with Crippen LogP contribution in [0.3, 0.4) is 0 Å². The molecule has 2 aromatic rings. The van der Waals surface area contributed by atoms with Gasteiger partial charge >= 0.3 is 5.30 Å². The average molecular weight is 286 g/mol. The molecule has 3 nitrogen and oxygen atoms in total. The van der Waals surface area contributed by atoms with Gasteiger partial charge in [0, 0.05) is 0 Å². The van der Waals surface area contributed by atoms with Gasteiger partial charge in [0.1, 0.15) is 11.9 Å². The van der Waals surface area contributed by atoms with Crippen molar-refractivity contribution in [1.29, 1.82) is 0 Å². The van der Waals surface area contributed by atoms with Crippen LogP contribution in [0.5, 0.6) is 5.75 Å². The minimum atomic E-state index is -0.249. The second-order valence-corrected chi connectivity index (χ2v) is 5.59. The fraction of sp³-hybridized carbons (Fsp3) is 0.188. The maximum atomic E-state index is 11.6. The van der Waals surface area contributed by atoms with Gasteiger partial charge in [-0.3, -0.25) is 0 Å². The highest BCUT2D eigenvalue weighted by Crippen LogP contribution is 2.49. The van der Waals surface area contributed by atoms with E-state index >= 15 is 0 Å². The van der Waals surface area contributed by atoms with E-state index in [0.717, 1.165) is 16.9 Å². The summed E-state index contributed by atoms with van der Waals surface area (Å²) in [7, 11) is 1.63. The molecule has 0 amide bonds. The van der Waals surface area contributed by atoms with E-state index in [4.69, 9.17) is 9.47 Å². The van der Waals surface area contributed by atoms with Crippen molar-refractivity contribution in [3.63, 3.8) is 0 Å². The van der Waals surface area contributed by atoms with E-state index < -0.39 is 0 Å². The molecule has 1 heterocycles. The lowest BCUT2D eigenvalue weighted by atomic mass is 10.0. The third kappa shape index (κ3) is 2.51. The van der Waals surface area contributed by atoms with Crippen molar-refractivity contribution in [2.24, 2.45) is 0 Å². The average Bonchev–Trinajstić information content (AvgIpc) is 2.90. The van der Waals surface area contributed by atoms with Crippen molar-refractivity contribution in [2.45, 2.75) is 11.4 Å².